The van der Waals surface area contributed by atoms with Gasteiger partial charge < -0.3 is 10.5 Å². The van der Waals surface area contributed by atoms with Crippen LogP contribution in [0.5, 0.6) is 5.75 Å². The molecule has 5 nitrogen and oxygen atoms in total. The SMILES string of the molecule is Cc1ccccc1CN1C(=O)C(C(C)C)Oc2ccc(N)nc21. The third kappa shape index (κ3) is 2.86. The molecule has 2 aromatic rings. The topological polar surface area (TPSA) is 68.5 Å². The summed E-state index contributed by atoms with van der Waals surface area (Å²) < 4.78 is 5.85. The highest BCUT2D eigenvalue weighted by atomic mass is 16.5. The van der Waals surface area contributed by atoms with Crippen LogP contribution in [0.4, 0.5) is 11.6 Å². The summed E-state index contributed by atoms with van der Waals surface area (Å²) in [6, 6.07) is 11.5. The molecule has 0 saturated carbocycles. The number of ether oxygens (including phenoxy) is 1. The number of amides is 1. The molecule has 0 radical (unpaired) electrons. The number of carbonyl (C=O) groups excluding carboxylic acids is 1. The van der Waals surface area contributed by atoms with Gasteiger partial charge in [-0.15, -0.1) is 0 Å². The van der Waals surface area contributed by atoms with Crippen LogP contribution in [0, 0.1) is 12.8 Å². The molecule has 1 amide bonds. The van der Waals surface area contributed by atoms with E-state index in [1.165, 1.54) is 0 Å². The molecule has 0 bridgehead atoms. The van der Waals surface area contributed by atoms with Crippen molar-refractivity contribution in [2.45, 2.75) is 33.4 Å². The van der Waals surface area contributed by atoms with Gasteiger partial charge in [-0.05, 0) is 36.1 Å². The minimum absolute atomic E-state index is 0.0751. The van der Waals surface area contributed by atoms with Crippen molar-refractivity contribution in [1.29, 1.82) is 0 Å². The van der Waals surface area contributed by atoms with E-state index >= 15 is 0 Å². The first kappa shape index (κ1) is 15.3. The van der Waals surface area contributed by atoms with Crippen LogP contribution in [-0.4, -0.2) is 17.0 Å². The van der Waals surface area contributed by atoms with Crippen LogP contribution in [0.25, 0.3) is 0 Å². The molecular formula is C18H21N3O2. The van der Waals surface area contributed by atoms with Gasteiger partial charge in [-0.1, -0.05) is 38.1 Å². The fourth-order valence-corrected chi connectivity index (χ4v) is 2.71. The van der Waals surface area contributed by atoms with Crippen molar-refractivity contribution < 1.29 is 9.53 Å². The van der Waals surface area contributed by atoms with Crippen molar-refractivity contribution in [1.82, 2.24) is 4.98 Å². The van der Waals surface area contributed by atoms with E-state index in [1.807, 2.05) is 45.0 Å². The molecule has 0 spiro atoms. The Morgan fingerprint density at radius 1 is 1.26 bits per heavy atom. The number of rotatable bonds is 3. The van der Waals surface area contributed by atoms with Crippen LogP contribution < -0.4 is 15.4 Å². The normalized spacial score (nSPS) is 17.1. The van der Waals surface area contributed by atoms with E-state index in [1.54, 1.807) is 17.0 Å². The second-order valence-corrected chi connectivity index (χ2v) is 6.19. The van der Waals surface area contributed by atoms with Gasteiger partial charge in [0.15, 0.2) is 17.7 Å². The van der Waals surface area contributed by atoms with Crippen molar-refractivity contribution in [3.8, 4) is 5.75 Å². The standard InChI is InChI=1S/C18H21N3O2/c1-11(2)16-18(22)21(10-13-7-5-4-6-12(13)3)17-14(23-16)8-9-15(19)20-17/h4-9,11,16H,10H2,1-3H3,(H2,19,20). The number of pyridine rings is 1. The quantitative estimate of drug-likeness (QED) is 0.946. The predicted molar refractivity (Wildman–Crippen MR) is 90.3 cm³/mol. The lowest BCUT2D eigenvalue weighted by atomic mass is 10.0. The van der Waals surface area contributed by atoms with Crippen molar-refractivity contribution in [3.05, 3.63) is 47.5 Å². The molecule has 2 heterocycles. The summed E-state index contributed by atoms with van der Waals surface area (Å²) in [6.07, 6.45) is -0.503. The van der Waals surface area contributed by atoms with Crippen molar-refractivity contribution in [3.63, 3.8) is 0 Å². The van der Waals surface area contributed by atoms with Gasteiger partial charge in [0.25, 0.3) is 5.91 Å². The van der Waals surface area contributed by atoms with Crippen LogP contribution in [-0.2, 0) is 11.3 Å². The van der Waals surface area contributed by atoms with Crippen molar-refractivity contribution in [2.75, 3.05) is 10.6 Å². The number of hydrogen-bond donors (Lipinski definition) is 1. The second-order valence-electron chi connectivity index (χ2n) is 6.19. The molecule has 1 unspecified atom stereocenters. The molecule has 1 aromatic heterocycles. The van der Waals surface area contributed by atoms with Gasteiger partial charge in [0, 0.05) is 0 Å². The minimum atomic E-state index is -0.503. The van der Waals surface area contributed by atoms with E-state index in [2.05, 4.69) is 4.98 Å². The summed E-state index contributed by atoms with van der Waals surface area (Å²) in [7, 11) is 0. The fraction of sp³-hybridized carbons (Fsp3) is 0.333. The van der Waals surface area contributed by atoms with Gasteiger partial charge in [-0.3, -0.25) is 9.69 Å². The summed E-state index contributed by atoms with van der Waals surface area (Å²) in [5, 5.41) is 0. The fourth-order valence-electron chi connectivity index (χ4n) is 2.71. The van der Waals surface area contributed by atoms with Crippen LogP contribution in [0.3, 0.4) is 0 Å². The van der Waals surface area contributed by atoms with Gasteiger partial charge in [-0.25, -0.2) is 4.98 Å². The minimum Gasteiger partial charge on any atom is -0.476 e. The number of carbonyl (C=O) groups is 1. The second kappa shape index (κ2) is 5.91. The van der Waals surface area contributed by atoms with E-state index in [-0.39, 0.29) is 11.8 Å². The molecule has 0 aliphatic carbocycles. The van der Waals surface area contributed by atoms with Crippen LogP contribution in [0.15, 0.2) is 36.4 Å². The van der Waals surface area contributed by atoms with Gasteiger partial charge in [0.05, 0.1) is 6.54 Å². The maximum Gasteiger partial charge on any atom is 0.269 e. The summed E-state index contributed by atoms with van der Waals surface area (Å²) >= 11 is 0. The Bertz CT molecular complexity index is 743. The van der Waals surface area contributed by atoms with Crippen LogP contribution >= 0.6 is 0 Å². The van der Waals surface area contributed by atoms with Gasteiger partial charge in [0.1, 0.15) is 5.82 Å². The molecule has 3 rings (SSSR count). The third-order valence-corrected chi connectivity index (χ3v) is 4.08. The number of hydrogen-bond acceptors (Lipinski definition) is 4. The molecular weight excluding hydrogens is 290 g/mol. The number of benzene rings is 1. The average Bonchev–Trinajstić information content (AvgIpc) is 2.51. The lowest BCUT2D eigenvalue weighted by Gasteiger charge is -2.35. The lowest BCUT2D eigenvalue weighted by Crippen LogP contribution is -2.48. The van der Waals surface area contributed by atoms with E-state index in [4.69, 9.17) is 10.5 Å². The number of nitrogens with two attached hydrogens (primary N) is 1. The number of nitrogen functional groups attached to an aromatic ring is 1. The molecule has 23 heavy (non-hydrogen) atoms. The highest BCUT2D eigenvalue weighted by Crippen LogP contribution is 2.35. The number of fused-ring (bicyclic) bond motifs is 1. The smallest absolute Gasteiger partial charge is 0.269 e. The van der Waals surface area contributed by atoms with E-state index in [9.17, 15) is 4.79 Å². The molecule has 2 N–H and O–H groups in total. The average molecular weight is 311 g/mol. The Balaban J connectivity index is 2.04. The molecule has 1 atom stereocenters. The molecule has 0 saturated heterocycles. The van der Waals surface area contributed by atoms with Crippen molar-refractivity contribution >= 4 is 17.5 Å². The third-order valence-electron chi connectivity index (χ3n) is 4.08. The highest BCUT2D eigenvalue weighted by Gasteiger charge is 2.37. The Morgan fingerprint density at radius 2 is 2.00 bits per heavy atom. The molecule has 1 aliphatic rings. The highest BCUT2D eigenvalue weighted by molar-refractivity contribution is 5.99. The van der Waals surface area contributed by atoms with E-state index in [0.717, 1.165) is 11.1 Å². The van der Waals surface area contributed by atoms with Gasteiger partial charge >= 0.3 is 0 Å². The monoisotopic (exact) mass is 311 g/mol. The Labute approximate surface area is 136 Å². The first-order valence-electron chi connectivity index (χ1n) is 7.76. The summed E-state index contributed by atoms with van der Waals surface area (Å²) in [6.45, 7) is 6.45. The zero-order valence-electron chi connectivity index (χ0n) is 13.6. The number of aryl methyl sites for hydroxylation is 1. The summed E-state index contributed by atoms with van der Waals surface area (Å²) in [4.78, 5) is 18.9. The summed E-state index contributed by atoms with van der Waals surface area (Å²) in [5.41, 5.74) is 8.02. The Morgan fingerprint density at radius 3 is 2.70 bits per heavy atom. The molecule has 0 fully saturated rings. The van der Waals surface area contributed by atoms with E-state index in [0.29, 0.717) is 23.9 Å². The van der Waals surface area contributed by atoms with Gasteiger partial charge in [-0.2, -0.15) is 0 Å². The molecule has 120 valence electrons. The first-order chi connectivity index (χ1) is 11.0. The molecule has 5 heteroatoms. The largest absolute Gasteiger partial charge is 0.476 e. The van der Waals surface area contributed by atoms with Crippen molar-refractivity contribution in [2.24, 2.45) is 5.92 Å². The zero-order valence-corrected chi connectivity index (χ0v) is 13.6. The Kier molecular flexibility index (Phi) is 3.94. The van der Waals surface area contributed by atoms with Gasteiger partial charge in [0.2, 0.25) is 0 Å². The van der Waals surface area contributed by atoms with Crippen LogP contribution in [0.1, 0.15) is 25.0 Å². The number of aromatic nitrogens is 1. The number of anilines is 2. The maximum absolute atomic E-state index is 12.9. The predicted octanol–water partition coefficient (Wildman–Crippen LogP) is 2.92. The summed E-state index contributed by atoms with van der Waals surface area (Å²) in [5.74, 6) is 1.47. The maximum atomic E-state index is 12.9. The Hall–Kier alpha value is -2.56. The van der Waals surface area contributed by atoms with E-state index < -0.39 is 6.10 Å². The molecule has 1 aliphatic heterocycles. The first-order valence-corrected chi connectivity index (χ1v) is 7.76. The van der Waals surface area contributed by atoms with Crippen LogP contribution in [0.2, 0.25) is 0 Å². The number of nitrogens with zero attached hydrogens (tertiary/aromatic N) is 2. The zero-order chi connectivity index (χ0) is 16.6. The lowest BCUT2D eigenvalue weighted by molar-refractivity contribution is -0.128. The molecule has 1 aromatic carbocycles.